The van der Waals surface area contributed by atoms with Crippen LogP contribution in [-0.4, -0.2) is 15.0 Å². The van der Waals surface area contributed by atoms with E-state index in [0.717, 1.165) is 24.8 Å². The lowest BCUT2D eigenvalue weighted by Crippen LogP contribution is -2.30. The monoisotopic (exact) mass is 268 g/mol. The zero-order chi connectivity index (χ0) is 13.2. The summed E-state index contributed by atoms with van der Waals surface area (Å²) in [5, 5.41) is 0. The summed E-state index contributed by atoms with van der Waals surface area (Å²) in [6, 6.07) is 6.72. The molecule has 0 radical (unpaired) electrons. The second kappa shape index (κ2) is 4.99. The second-order valence-corrected chi connectivity index (χ2v) is 6.79. The predicted octanol–water partition coefficient (Wildman–Crippen LogP) is 1.61. The molecule has 0 atom stereocenters. The summed E-state index contributed by atoms with van der Waals surface area (Å²) >= 11 is 0. The van der Waals surface area contributed by atoms with Gasteiger partial charge in [0.05, 0.1) is 4.90 Å². The van der Waals surface area contributed by atoms with Gasteiger partial charge < -0.3 is 5.73 Å². The van der Waals surface area contributed by atoms with Crippen LogP contribution in [0.3, 0.4) is 0 Å². The molecular weight excluding hydrogens is 248 g/mol. The van der Waals surface area contributed by atoms with Crippen molar-refractivity contribution < 1.29 is 8.42 Å². The first-order valence-corrected chi connectivity index (χ1v) is 7.78. The molecule has 1 fully saturated rings. The molecule has 1 aromatic rings. The summed E-state index contributed by atoms with van der Waals surface area (Å²) in [5.41, 5.74) is 6.63. The first kappa shape index (κ1) is 13.5. The zero-order valence-corrected chi connectivity index (χ0v) is 11.5. The van der Waals surface area contributed by atoms with Crippen molar-refractivity contribution in [3.05, 3.63) is 29.8 Å². The molecule has 2 rings (SSSR count). The highest BCUT2D eigenvalue weighted by Gasteiger charge is 2.41. The van der Waals surface area contributed by atoms with Gasteiger partial charge in [-0.25, -0.2) is 13.1 Å². The van der Waals surface area contributed by atoms with E-state index in [1.807, 2.05) is 0 Å². The van der Waals surface area contributed by atoms with Gasteiger partial charge in [-0.15, -0.1) is 0 Å². The molecule has 0 unspecified atom stereocenters. The fourth-order valence-electron chi connectivity index (χ4n) is 1.97. The van der Waals surface area contributed by atoms with Gasteiger partial charge in [-0.2, -0.15) is 0 Å². The van der Waals surface area contributed by atoms with Crippen LogP contribution >= 0.6 is 0 Å². The number of rotatable bonds is 6. The van der Waals surface area contributed by atoms with Crippen LogP contribution in [0.4, 0.5) is 0 Å². The Morgan fingerprint density at radius 2 is 1.89 bits per heavy atom. The molecule has 0 aliphatic heterocycles. The van der Waals surface area contributed by atoms with Gasteiger partial charge in [0.1, 0.15) is 0 Å². The second-order valence-electron chi connectivity index (χ2n) is 5.03. The smallest absolute Gasteiger partial charge is 0.240 e. The number of sulfonamides is 1. The molecule has 0 bridgehead atoms. The fourth-order valence-corrected chi connectivity index (χ4v) is 3.13. The Balaban J connectivity index is 2.05. The van der Waals surface area contributed by atoms with Crippen LogP contribution in [0.15, 0.2) is 29.2 Å². The van der Waals surface area contributed by atoms with E-state index < -0.39 is 10.0 Å². The Bertz CT molecular complexity index is 504. The minimum absolute atomic E-state index is 0.213. The molecule has 4 nitrogen and oxygen atoms in total. The van der Waals surface area contributed by atoms with Crippen LogP contribution < -0.4 is 10.5 Å². The number of benzene rings is 1. The average molecular weight is 268 g/mol. The fraction of sp³-hybridized carbons (Fsp3) is 0.538. The van der Waals surface area contributed by atoms with Crippen molar-refractivity contribution >= 4 is 10.0 Å². The topological polar surface area (TPSA) is 72.2 Å². The van der Waals surface area contributed by atoms with Crippen LogP contribution in [0.25, 0.3) is 0 Å². The molecule has 0 heterocycles. The number of hydrogen-bond acceptors (Lipinski definition) is 3. The molecule has 1 saturated carbocycles. The van der Waals surface area contributed by atoms with Crippen LogP contribution in [-0.2, 0) is 16.6 Å². The van der Waals surface area contributed by atoms with Crippen LogP contribution in [0.2, 0.25) is 0 Å². The van der Waals surface area contributed by atoms with Crippen molar-refractivity contribution in [1.82, 2.24) is 4.72 Å². The lowest BCUT2D eigenvalue weighted by atomic mass is 10.1. The maximum Gasteiger partial charge on any atom is 0.240 e. The summed E-state index contributed by atoms with van der Waals surface area (Å²) in [4.78, 5) is 0.312. The minimum atomic E-state index is -3.38. The maximum atomic E-state index is 12.1. The summed E-state index contributed by atoms with van der Waals surface area (Å²) in [6.07, 6.45) is 3.28. The summed E-state index contributed by atoms with van der Waals surface area (Å²) in [5.74, 6) is 0. The molecule has 3 N–H and O–H groups in total. The zero-order valence-electron chi connectivity index (χ0n) is 10.6. The van der Waals surface area contributed by atoms with Gasteiger partial charge in [0.25, 0.3) is 0 Å². The molecule has 1 aliphatic rings. The maximum absolute atomic E-state index is 12.1. The van der Waals surface area contributed by atoms with Crippen LogP contribution in [0.5, 0.6) is 0 Å². The Hall–Kier alpha value is -0.910. The Labute approximate surface area is 109 Å². The van der Waals surface area contributed by atoms with E-state index in [2.05, 4.69) is 11.6 Å². The average Bonchev–Trinajstić information content (AvgIpc) is 3.17. The molecule has 0 saturated heterocycles. The van der Waals surface area contributed by atoms with Gasteiger partial charge in [-0.3, -0.25) is 0 Å². The van der Waals surface area contributed by atoms with E-state index in [1.165, 1.54) is 0 Å². The summed E-state index contributed by atoms with van der Waals surface area (Å²) in [6.45, 7) is 3.08. The van der Waals surface area contributed by atoms with E-state index >= 15 is 0 Å². The van der Waals surface area contributed by atoms with Crippen molar-refractivity contribution in [1.29, 1.82) is 0 Å². The van der Waals surface area contributed by atoms with Crippen molar-refractivity contribution in [3.8, 4) is 0 Å². The van der Waals surface area contributed by atoms with Gasteiger partial charge in [-0.05, 0) is 42.4 Å². The summed E-state index contributed by atoms with van der Waals surface area (Å²) in [7, 11) is -3.38. The van der Waals surface area contributed by atoms with Crippen molar-refractivity contribution in [3.63, 3.8) is 0 Å². The SMILES string of the molecule is CCC1(CNS(=O)(=O)c2ccc(CN)cc2)CC1. The van der Waals surface area contributed by atoms with Gasteiger partial charge in [-0.1, -0.05) is 19.1 Å². The van der Waals surface area contributed by atoms with Gasteiger partial charge in [0.15, 0.2) is 0 Å². The first-order valence-electron chi connectivity index (χ1n) is 6.30. The van der Waals surface area contributed by atoms with E-state index in [0.29, 0.717) is 18.0 Å². The highest BCUT2D eigenvalue weighted by molar-refractivity contribution is 7.89. The Morgan fingerprint density at radius 3 is 2.33 bits per heavy atom. The van der Waals surface area contributed by atoms with Gasteiger partial charge >= 0.3 is 0 Å². The third kappa shape index (κ3) is 2.91. The molecule has 0 amide bonds. The standard InChI is InChI=1S/C13H20N2O2S/c1-2-13(7-8-13)10-15-18(16,17)12-5-3-11(9-14)4-6-12/h3-6,15H,2,7-10,14H2,1H3. The lowest BCUT2D eigenvalue weighted by molar-refractivity contribution is 0.475. The molecule has 1 aliphatic carbocycles. The van der Waals surface area contributed by atoms with Crippen LogP contribution in [0, 0.1) is 5.41 Å². The third-order valence-corrected chi connectivity index (χ3v) is 5.23. The quantitative estimate of drug-likeness (QED) is 0.823. The van der Waals surface area contributed by atoms with Gasteiger partial charge in [0.2, 0.25) is 10.0 Å². The Morgan fingerprint density at radius 1 is 1.28 bits per heavy atom. The van der Waals surface area contributed by atoms with Gasteiger partial charge in [0, 0.05) is 13.1 Å². The first-order chi connectivity index (χ1) is 8.51. The number of hydrogen-bond donors (Lipinski definition) is 2. The van der Waals surface area contributed by atoms with E-state index in [9.17, 15) is 8.42 Å². The molecule has 1 aromatic carbocycles. The third-order valence-electron chi connectivity index (χ3n) is 3.81. The highest BCUT2D eigenvalue weighted by Crippen LogP contribution is 2.48. The number of nitrogens with one attached hydrogen (secondary N) is 1. The van der Waals surface area contributed by atoms with Crippen molar-refractivity contribution in [2.75, 3.05) is 6.54 Å². The largest absolute Gasteiger partial charge is 0.326 e. The lowest BCUT2D eigenvalue weighted by Gasteiger charge is -2.13. The molecule has 0 aromatic heterocycles. The molecule has 18 heavy (non-hydrogen) atoms. The predicted molar refractivity (Wildman–Crippen MR) is 71.5 cm³/mol. The minimum Gasteiger partial charge on any atom is -0.326 e. The molecule has 0 spiro atoms. The highest BCUT2D eigenvalue weighted by atomic mass is 32.2. The molecular formula is C13H20N2O2S. The Kier molecular flexibility index (Phi) is 3.75. The normalized spacial score (nSPS) is 17.7. The van der Waals surface area contributed by atoms with Crippen LogP contribution in [0.1, 0.15) is 31.7 Å². The van der Waals surface area contributed by atoms with Crippen molar-refractivity contribution in [2.24, 2.45) is 11.1 Å². The number of nitrogens with two attached hydrogens (primary N) is 1. The molecule has 5 heteroatoms. The van der Waals surface area contributed by atoms with E-state index in [-0.39, 0.29) is 5.41 Å². The van der Waals surface area contributed by atoms with Crippen molar-refractivity contribution in [2.45, 2.75) is 37.6 Å². The van der Waals surface area contributed by atoms with E-state index in [4.69, 9.17) is 5.73 Å². The molecule has 100 valence electrons. The van der Waals surface area contributed by atoms with E-state index in [1.54, 1.807) is 24.3 Å². The summed E-state index contributed by atoms with van der Waals surface area (Å²) < 4.78 is 26.9.